The molecule has 9 nitrogen and oxygen atoms in total. The van der Waals surface area contributed by atoms with Gasteiger partial charge in [0.25, 0.3) is 5.89 Å². The maximum atomic E-state index is 11.1. The topological polar surface area (TPSA) is 126 Å². The zero-order valence-corrected chi connectivity index (χ0v) is 13.6. The van der Waals surface area contributed by atoms with Crippen LogP contribution in [0.3, 0.4) is 0 Å². The molecule has 0 unspecified atom stereocenters. The number of hydrogen-bond acceptors (Lipinski definition) is 8. The number of thiophene rings is 1. The van der Waals surface area contributed by atoms with Crippen LogP contribution in [0.1, 0.15) is 16.2 Å². The summed E-state index contributed by atoms with van der Waals surface area (Å²) in [6.07, 6.45) is 0. The van der Waals surface area contributed by atoms with Gasteiger partial charge in [-0.1, -0.05) is 23.4 Å². The van der Waals surface area contributed by atoms with E-state index in [1.54, 1.807) is 24.3 Å². The molecule has 0 aliphatic carbocycles. The van der Waals surface area contributed by atoms with E-state index in [9.17, 15) is 4.79 Å². The fourth-order valence-electron chi connectivity index (χ4n) is 2.16. The smallest absolute Gasteiger partial charge is 0.250 e. The highest BCUT2D eigenvalue weighted by molar-refractivity contribution is 7.13. The Labute approximate surface area is 145 Å². The molecule has 0 spiro atoms. The lowest BCUT2D eigenvalue weighted by atomic mass is 10.1. The number of nitrogens with two attached hydrogens (primary N) is 1. The van der Waals surface area contributed by atoms with E-state index in [1.165, 1.54) is 16.1 Å². The summed E-state index contributed by atoms with van der Waals surface area (Å²) >= 11 is 1.53. The van der Waals surface area contributed by atoms with E-state index in [2.05, 4.69) is 25.6 Å². The number of aromatic nitrogens is 6. The molecule has 0 atom stereocenters. The highest BCUT2D eigenvalue weighted by Gasteiger charge is 2.12. The van der Waals surface area contributed by atoms with Crippen molar-refractivity contribution in [3.63, 3.8) is 0 Å². The molecule has 0 saturated heterocycles. The average Bonchev–Trinajstić information content (AvgIpc) is 3.37. The van der Waals surface area contributed by atoms with Gasteiger partial charge in [0.05, 0.1) is 4.88 Å². The third-order valence-electron chi connectivity index (χ3n) is 3.37. The molecule has 0 aliphatic heterocycles. The standard InChI is InChI=1S/C15H11N7O2S/c16-13(23)9-3-5-10(6-4-9)14-18-21-22(19-14)8-12-17-15(20-24-12)11-2-1-7-25-11/h1-7H,8H2,(H2,16,23). The van der Waals surface area contributed by atoms with Crippen molar-refractivity contribution >= 4 is 17.2 Å². The van der Waals surface area contributed by atoms with Crippen LogP contribution in [0.2, 0.25) is 0 Å². The van der Waals surface area contributed by atoms with Crippen LogP contribution < -0.4 is 5.73 Å². The van der Waals surface area contributed by atoms with Gasteiger partial charge in [-0.25, -0.2) is 0 Å². The first-order valence-corrected chi connectivity index (χ1v) is 8.11. The fourth-order valence-corrected chi connectivity index (χ4v) is 2.80. The Balaban J connectivity index is 1.51. The van der Waals surface area contributed by atoms with Crippen LogP contribution in [0, 0.1) is 0 Å². The molecule has 0 saturated carbocycles. The second kappa shape index (κ2) is 6.24. The number of amides is 1. The van der Waals surface area contributed by atoms with Gasteiger partial charge in [-0.3, -0.25) is 4.79 Å². The van der Waals surface area contributed by atoms with Crippen LogP contribution >= 0.6 is 11.3 Å². The quantitative estimate of drug-likeness (QED) is 0.577. The first kappa shape index (κ1) is 15.1. The molecule has 4 rings (SSSR count). The number of rotatable bonds is 5. The van der Waals surface area contributed by atoms with Gasteiger partial charge in [0.15, 0.2) is 0 Å². The summed E-state index contributed by atoms with van der Waals surface area (Å²) in [5, 5.41) is 18.1. The minimum Gasteiger partial charge on any atom is -0.366 e. The molecule has 1 aromatic carbocycles. The van der Waals surface area contributed by atoms with Gasteiger partial charge in [-0.05, 0) is 28.8 Å². The van der Waals surface area contributed by atoms with E-state index in [4.69, 9.17) is 10.3 Å². The second-order valence-corrected chi connectivity index (χ2v) is 6.02. The molecule has 0 bridgehead atoms. The van der Waals surface area contributed by atoms with Crippen LogP contribution in [0.15, 0.2) is 46.3 Å². The van der Waals surface area contributed by atoms with Crippen molar-refractivity contribution in [2.24, 2.45) is 5.73 Å². The number of hydrogen-bond donors (Lipinski definition) is 1. The number of primary amides is 1. The maximum Gasteiger partial charge on any atom is 0.250 e. The summed E-state index contributed by atoms with van der Waals surface area (Å²) in [6, 6.07) is 10.5. The maximum absolute atomic E-state index is 11.1. The van der Waals surface area contributed by atoms with E-state index >= 15 is 0 Å². The molecule has 0 radical (unpaired) electrons. The Morgan fingerprint density at radius 3 is 2.76 bits per heavy atom. The van der Waals surface area contributed by atoms with Crippen molar-refractivity contribution < 1.29 is 9.32 Å². The van der Waals surface area contributed by atoms with Crippen molar-refractivity contribution in [3.05, 3.63) is 53.2 Å². The van der Waals surface area contributed by atoms with E-state index in [-0.39, 0.29) is 6.54 Å². The van der Waals surface area contributed by atoms with E-state index in [0.29, 0.717) is 23.1 Å². The number of carbonyl (C=O) groups is 1. The molecule has 124 valence electrons. The van der Waals surface area contributed by atoms with Gasteiger partial charge >= 0.3 is 0 Å². The van der Waals surface area contributed by atoms with Crippen molar-refractivity contribution in [3.8, 4) is 22.1 Å². The zero-order chi connectivity index (χ0) is 17.2. The van der Waals surface area contributed by atoms with Crippen molar-refractivity contribution in [1.82, 2.24) is 30.3 Å². The Hall–Kier alpha value is -3.40. The highest BCUT2D eigenvalue weighted by atomic mass is 32.1. The minimum atomic E-state index is -0.485. The number of carbonyl (C=O) groups excluding carboxylic acids is 1. The predicted molar refractivity (Wildman–Crippen MR) is 88.5 cm³/mol. The first-order chi connectivity index (χ1) is 12.2. The van der Waals surface area contributed by atoms with E-state index in [1.807, 2.05) is 17.5 Å². The van der Waals surface area contributed by atoms with Crippen LogP contribution in [0.4, 0.5) is 0 Å². The number of tetrazole rings is 1. The summed E-state index contributed by atoms with van der Waals surface area (Å²) in [5.41, 5.74) is 6.36. The highest BCUT2D eigenvalue weighted by Crippen LogP contribution is 2.21. The van der Waals surface area contributed by atoms with Gasteiger partial charge in [0.2, 0.25) is 17.6 Å². The summed E-state index contributed by atoms with van der Waals surface area (Å²) in [4.78, 5) is 17.7. The van der Waals surface area contributed by atoms with Crippen molar-refractivity contribution in [2.75, 3.05) is 0 Å². The summed E-state index contributed by atoms with van der Waals surface area (Å²) in [5.74, 6) is 0.860. The lowest BCUT2D eigenvalue weighted by molar-refractivity contribution is 0.100. The Morgan fingerprint density at radius 1 is 1.20 bits per heavy atom. The second-order valence-electron chi connectivity index (χ2n) is 5.07. The molecule has 10 heteroatoms. The molecule has 4 aromatic rings. The van der Waals surface area contributed by atoms with Gasteiger partial charge < -0.3 is 10.3 Å². The third kappa shape index (κ3) is 3.15. The van der Waals surface area contributed by atoms with Crippen LogP contribution in [-0.4, -0.2) is 36.3 Å². The lowest BCUT2D eigenvalue weighted by Gasteiger charge is -1.97. The summed E-state index contributed by atoms with van der Waals surface area (Å²) in [6.45, 7) is 0.213. The molecular formula is C15H11N7O2S. The summed E-state index contributed by atoms with van der Waals surface area (Å²) in [7, 11) is 0. The largest absolute Gasteiger partial charge is 0.366 e. The monoisotopic (exact) mass is 353 g/mol. The first-order valence-electron chi connectivity index (χ1n) is 7.23. The molecule has 0 aliphatic rings. The van der Waals surface area contributed by atoms with Gasteiger partial charge in [-0.2, -0.15) is 9.78 Å². The molecule has 3 heterocycles. The Morgan fingerprint density at radius 2 is 2.04 bits per heavy atom. The van der Waals surface area contributed by atoms with Crippen molar-refractivity contribution in [1.29, 1.82) is 0 Å². The van der Waals surface area contributed by atoms with Gasteiger partial charge in [-0.15, -0.1) is 21.5 Å². The SMILES string of the molecule is NC(=O)c1ccc(-c2nnn(Cc3nc(-c4cccs4)no3)n2)cc1. The van der Waals surface area contributed by atoms with Crippen LogP contribution in [-0.2, 0) is 6.54 Å². The fraction of sp³-hybridized carbons (Fsp3) is 0.0667. The van der Waals surface area contributed by atoms with Crippen molar-refractivity contribution in [2.45, 2.75) is 6.54 Å². The Bertz CT molecular complexity index is 1000. The van der Waals surface area contributed by atoms with Crippen LogP contribution in [0.25, 0.3) is 22.1 Å². The summed E-state index contributed by atoms with van der Waals surface area (Å²) < 4.78 is 5.21. The Kier molecular flexibility index (Phi) is 3.78. The van der Waals surface area contributed by atoms with Gasteiger partial charge in [0.1, 0.15) is 6.54 Å². The predicted octanol–water partition coefficient (Wildman–Crippen LogP) is 1.60. The molecule has 3 aromatic heterocycles. The average molecular weight is 353 g/mol. The zero-order valence-electron chi connectivity index (χ0n) is 12.7. The van der Waals surface area contributed by atoms with Crippen LogP contribution in [0.5, 0.6) is 0 Å². The number of benzene rings is 1. The lowest BCUT2D eigenvalue weighted by Crippen LogP contribution is -2.10. The van der Waals surface area contributed by atoms with E-state index in [0.717, 1.165) is 10.4 Å². The molecule has 0 fully saturated rings. The molecule has 1 amide bonds. The molecule has 2 N–H and O–H groups in total. The molecular weight excluding hydrogens is 342 g/mol. The van der Waals surface area contributed by atoms with E-state index < -0.39 is 5.91 Å². The van der Waals surface area contributed by atoms with Gasteiger partial charge in [0, 0.05) is 11.1 Å². The minimum absolute atomic E-state index is 0.213. The molecule has 25 heavy (non-hydrogen) atoms. The third-order valence-corrected chi connectivity index (χ3v) is 4.23. The number of nitrogens with zero attached hydrogens (tertiary/aromatic N) is 6. The normalized spacial score (nSPS) is 10.9.